The number of aryl methyl sites for hydroxylation is 2. The molecule has 6 nitrogen and oxygen atoms in total. The molecule has 0 bridgehead atoms. The quantitative estimate of drug-likeness (QED) is 0.123. The smallest absolute Gasteiger partial charge is 0.322 e. The van der Waals surface area contributed by atoms with Crippen LogP contribution in [0.15, 0.2) is 36.5 Å². The minimum atomic E-state index is -0.368. The number of nitrogens with zero attached hydrogens (tertiary/aromatic N) is 1. The molecule has 0 radical (unpaired) electrons. The highest BCUT2D eigenvalue weighted by Gasteiger charge is 2.30. The first-order valence-electron chi connectivity index (χ1n) is 9.67. The van der Waals surface area contributed by atoms with E-state index in [2.05, 4.69) is 44.9 Å². The Morgan fingerprint density at radius 3 is 2.74 bits per heavy atom. The molecule has 31 heavy (non-hydrogen) atoms. The average Bonchev–Trinajstić information content (AvgIpc) is 3.25. The van der Waals surface area contributed by atoms with Gasteiger partial charge < -0.3 is 18.9 Å². The Bertz CT molecular complexity index is 1400. The Morgan fingerprint density at radius 1 is 1.13 bits per heavy atom. The molecular weight excluding hydrogens is 530 g/mol. The molecular formula is C23H18Br2NO5+. The van der Waals surface area contributed by atoms with Gasteiger partial charge in [-0.1, -0.05) is 15.9 Å². The third kappa shape index (κ3) is 2.88. The molecule has 1 aromatic heterocycles. The van der Waals surface area contributed by atoms with E-state index in [1.165, 1.54) is 10.9 Å². The first kappa shape index (κ1) is 20.3. The number of rotatable bonds is 3. The summed E-state index contributed by atoms with van der Waals surface area (Å²) in [6, 6.07) is 10.2. The number of carbonyl (C=O) groups excluding carboxylic acids is 1. The van der Waals surface area contributed by atoms with Crippen LogP contribution >= 0.6 is 32.9 Å². The molecule has 0 spiro atoms. The van der Waals surface area contributed by atoms with E-state index in [9.17, 15) is 4.79 Å². The topological polar surface area (TPSA) is 57.9 Å². The standard InChI is InChI=1S/C23H17BrNO5.BrH/c1-27-17-5-4-13-14-2-3-15-20-12(8-18-22(15)29-11-28-18)6-7-25(21(14)20)10-16(13)23(17)30-19(26)9-24;/h2-5,8,10H,6-7,9,11H2,1H3;1H/q+1;. The number of aromatic nitrogens is 1. The molecule has 0 amide bonds. The molecule has 4 aromatic rings. The Balaban J connectivity index is 0.00000204. The Hall–Kier alpha value is -2.58. The van der Waals surface area contributed by atoms with Gasteiger partial charge in [-0.3, -0.25) is 4.79 Å². The number of esters is 1. The summed E-state index contributed by atoms with van der Waals surface area (Å²) in [7, 11) is 1.58. The van der Waals surface area contributed by atoms with Crippen molar-refractivity contribution < 1.29 is 28.3 Å². The van der Waals surface area contributed by atoms with Crippen LogP contribution < -0.4 is 23.5 Å². The Morgan fingerprint density at radius 2 is 1.94 bits per heavy atom. The second-order valence-electron chi connectivity index (χ2n) is 7.39. The van der Waals surface area contributed by atoms with Gasteiger partial charge in [0.1, 0.15) is 5.33 Å². The lowest BCUT2D eigenvalue weighted by molar-refractivity contribution is -0.670. The number of halogens is 2. The van der Waals surface area contributed by atoms with Crippen LogP contribution in [0.4, 0.5) is 0 Å². The number of benzene rings is 3. The third-order valence-electron chi connectivity index (χ3n) is 5.88. The van der Waals surface area contributed by atoms with Gasteiger partial charge in [0, 0.05) is 17.2 Å². The molecule has 2 aliphatic heterocycles. The summed E-state index contributed by atoms with van der Waals surface area (Å²) in [4.78, 5) is 12.0. The lowest BCUT2D eigenvalue weighted by Crippen LogP contribution is -2.38. The van der Waals surface area contributed by atoms with E-state index >= 15 is 0 Å². The lowest BCUT2D eigenvalue weighted by atomic mass is 9.93. The lowest BCUT2D eigenvalue weighted by Gasteiger charge is -2.18. The van der Waals surface area contributed by atoms with E-state index in [4.69, 9.17) is 18.9 Å². The van der Waals surface area contributed by atoms with Crippen LogP contribution in [-0.2, 0) is 17.8 Å². The minimum absolute atomic E-state index is 0. The van der Waals surface area contributed by atoms with Crippen molar-refractivity contribution in [2.24, 2.45) is 0 Å². The monoisotopic (exact) mass is 546 g/mol. The Kier molecular flexibility index (Phi) is 4.94. The SMILES string of the molecule is Br.COc1ccc2c(c[n+]3c4c2ccc2c5c(cc(c24)CC3)OCO5)c1OC(=O)CBr. The van der Waals surface area contributed by atoms with Gasteiger partial charge in [0.25, 0.3) is 0 Å². The van der Waals surface area contributed by atoms with Gasteiger partial charge in [-0.2, -0.15) is 4.57 Å². The van der Waals surface area contributed by atoms with Gasteiger partial charge in [-0.25, -0.2) is 0 Å². The van der Waals surface area contributed by atoms with Crippen LogP contribution in [-0.4, -0.2) is 25.2 Å². The summed E-state index contributed by atoms with van der Waals surface area (Å²) in [5, 5.41) is 5.33. The molecule has 0 N–H and O–H groups in total. The fourth-order valence-electron chi connectivity index (χ4n) is 4.64. The average molecular weight is 548 g/mol. The van der Waals surface area contributed by atoms with Crippen molar-refractivity contribution in [1.29, 1.82) is 0 Å². The number of fused-ring (bicyclic) bond motifs is 4. The first-order valence-corrected chi connectivity index (χ1v) is 10.8. The maximum absolute atomic E-state index is 12.0. The number of hydrogen-bond donors (Lipinski definition) is 0. The van der Waals surface area contributed by atoms with Gasteiger partial charge in [0.2, 0.25) is 12.3 Å². The highest BCUT2D eigenvalue weighted by Crippen LogP contribution is 2.46. The molecule has 0 fully saturated rings. The maximum atomic E-state index is 12.0. The van der Waals surface area contributed by atoms with Crippen molar-refractivity contribution in [2.45, 2.75) is 13.0 Å². The van der Waals surface area contributed by atoms with Crippen LogP contribution in [0.5, 0.6) is 23.0 Å². The summed E-state index contributed by atoms with van der Waals surface area (Å²) in [5.74, 6) is 2.24. The number of carbonyl (C=O) groups is 1. The van der Waals surface area contributed by atoms with Crippen LogP contribution in [0.25, 0.3) is 32.4 Å². The third-order valence-corrected chi connectivity index (χ3v) is 6.34. The molecule has 6 rings (SSSR count). The normalized spacial score (nSPS) is 13.6. The molecule has 158 valence electrons. The van der Waals surface area contributed by atoms with Crippen LogP contribution in [0.3, 0.4) is 0 Å². The van der Waals surface area contributed by atoms with E-state index < -0.39 is 0 Å². The minimum Gasteiger partial charge on any atom is -0.493 e. The fourth-order valence-corrected chi connectivity index (χ4v) is 4.76. The summed E-state index contributed by atoms with van der Waals surface area (Å²) >= 11 is 3.17. The predicted octanol–water partition coefficient (Wildman–Crippen LogP) is 4.61. The van der Waals surface area contributed by atoms with Crippen molar-refractivity contribution in [3.05, 3.63) is 42.1 Å². The molecule has 3 aromatic carbocycles. The van der Waals surface area contributed by atoms with Gasteiger partial charge in [-0.15, -0.1) is 17.0 Å². The van der Waals surface area contributed by atoms with Crippen LogP contribution in [0.1, 0.15) is 5.56 Å². The van der Waals surface area contributed by atoms with Crippen molar-refractivity contribution in [3.8, 4) is 23.0 Å². The van der Waals surface area contributed by atoms with E-state index in [1.807, 2.05) is 12.1 Å². The van der Waals surface area contributed by atoms with Crippen molar-refractivity contribution >= 4 is 71.3 Å². The molecule has 0 atom stereocenters. The largest absolute Gasteiger partial charge is 0.493 e. The highest BCUT2D eigenvalue weighted by molar-refractivity contribution is 9.09. The highest BCUT2D eigenvalue weighted by atomic mass is 79.9. The van der Waals surface area contributed by atoms with Crippen molar-refractivity contribution in [3.63, 3.8) is 0 Å². The first-order chi connectivity index (χ1) is 14.7. The molecule has 0 unspecified atom stereocenters. The number of ether oxygens (including phenoxy) is 4. The molecule has 8 heteroatoms. The maximum Gasteiger partial charge on any atom is 0.322 e. The van der Waals surface area contributed by atoms with Crippen LogP contribution in [0, 0.1) is 0 Å². The zero-order valence-corrected chi connectivity index (χ0v) is 19.9. The number of methoxy groups -OCH3 is 1. The van der Waals surface area contributed by atoms with Crippen molar-refractivity contribution in [2.75, 3.05) is 19.2 Å². The van der Waals surface area contributed by atoms with Gasteiger partial charge in [0.15, 0.2) is 35.7 Å². The van der Waals surface area contributed by atoms with Crippen LogP contribution in [0.2, 0.25) is 0 Å². The zero-order valence-electron chi connectivity index (χ0n) is 16.6. The number of hydrogen-bond acceptors (Lipinski definition) is 5. The van der Waals surface area contributed by atoms with Crippen molar-refractivity contribution in [1.82, 2.24) is 0 Å². The Labute approximate surface area is 196 Å². The predicted molar refractivity (Wildman–Crippen MR) is 125 cm³/mol. The summed E-state index contributed by atoms with van der Waals surface area (Å²) in [6.45, 7) is 1.08. The molecule has 0 saturated carbocycles. The molecule has 3 heterocycles. The molecule has 0 saturated heterocycles. The van der Waals surface area contributed by atoms with Gasteiger partial charge in [-0.05, 0) is 35.9 Å². The summed E-state index contributed by atoms with van der Waals surface area (Å²) in [5.41, 5.74) is 2.42. The van der Waals surface area contributed by atoms with Gasteiger partial charge in [0.05, 0.1) is 23.3 Å². The fraction of sp³-hybridized carbons (Fsp3) is 0.217. The molecule has 2 aliphatic rings. The van der Waals surface area contributed by atoms with E-state index in [0.29, 0.717) is 11.5 Å². The van der Waals surface area contributed by atoms with E-state index in [-0.39, 0.29) is 35.1 Å². The molecule has 0 aliphatic carbocycles. The van der Waals surface area contributed by atoms with Gasteiger partial charge >= 0.3 is 5.97 Å². The van der Waals surface area contributed by atoms with E-state index in [0.717, 1.165) is 51.5 Å². The second-order valence-corrected chi connectivity index (χ2v) is 7.95. The van der Waals surface area contributed by atoms with E-state index in [1.54, 1.807) is 7.11 Å². The number of alkyl halides is 1. The summed E-state index contributed by atoms with van der Waals surface area (Å²) in [6.07, 6.45) is 2.94. The second kappa shape index (κ2) is 7.53. The zero-order chi connectivity index (χ0) is 20.4. The number of pyridine rings is 1. The summed E-state index contributed by atoms with van der Waals surface area (Å²) < 4.78 is 24.8.